The van der Waals surface area contributed by atoms with Crippen molar-refractivity contribution in [2.24, 2.45) is 5.10 Å². The summed E-state index contributed by atoms with van der Waals surface area (Å²) >= 11 is 0. The van der Waals surface area contributed by atoms with Crippen molar-refractivity contribution in [3.63, 3.8) is 0 Å². The summed E-state index contributed by atoms with van der Waals surface area (Å²) < 4.78 is 37.1. The zero-order valence-electron chi connectivity index (χ0n) is 19.6. The Morgan fingerprint density at radius 3 is 2.37 bits per heavy atom. The fraction of sp³-hybridized carbons (Fsp3) is 0.200. The largest absolute Gasteiger partial charge is 0.504 e. The molecule has 3 rings (SSSR count). The van der Waals surface area contributed by atoms with Crippen LogP contribution in [0.25, 0.3) is 0 Å². The third-order valence-corrected chi connectivity index (χ3v) is 6.07. The van der Waals surface area contributed by atoms with Gasteiger partial charge in [-0.25, -0.2) is 13.8 Å². The molecule has 0 aliphatic heterocycles. The fourth-order valence-corrected chi connectivity index (χ4v) is 4.42. The molecule has 0 aromatic heterocycles. The first kappa shape index (κ1) is 25.6. The Morgan fingerprint density at radius 1 is 1.09 bits per heavy atom. The van der Waals surface area contributed by atoms with E-state index in [4.69, 9.17) is 9.47 Å². The van der Waals surface area contributed by atoms with Gasteiger partial charge in [0.15, 0.2) is 11.5 Å². The molecule has 0 spiro atoms. The Bertz CT molecular complexity index is 1280. The van der Waals surface area contributed by atoms with E-state index >= 15 is 0 Å². The van der Waals surface area contributed by atoms with Gasteiger partial charge in [0, 0.05) is 0 Å². The number of benzene rings is 3. The lowest BCUT2D eigenvalue weighted by Gasteiger charge is -2.27. The average molecular weight is 498 g/mol. The first-order chi connectivity index (χ1) is 16.7. The van der Waals surface area contributed by atoms with E-state index in [1.54, 1.807) is 55.5 Å². The maximum Gasteiger partial charge on any atom is 0.263 e. The van der Waals surface area contributed by atoms with E-state index in [0.29, 0.717) is 35.1 Å². The number of amides is 1. The molecule has 0 aliphatic carbocycles. The molecule has 35 heavy (non-hydrogen) atoms. The average Bonchev–Trinajstić information content (AvgIpc) is 2.82. The van der Waals surface area contributed by atoms with Gasteiger partial charge in [0.2, 0.25) is 10.0 Å². The number of carbonyl (C=O) groups excluding carboxylic acids is 1. The standard InChI is InChI=1S/C25H27N3O6S/c1-4-33-24-16-19(10-15-23(24)29)17-26-27-25(30)18(2)28(35(3,31)32)20-11-13-22(14-12-20)34-21-8-6-5-7-9-21/h5-18,29H,4H2,1-3H3,(H,27,30)/b26-17-/t18-/m1/s1. The normalized spacial score (nSPS) is 12.2. The summed E-state index contributed by atoms with van der Waals surface area (Å²) in [6, 6.07) is 19.1. The Hall–Kier alpha value is -4.05. The van der Waals surface area contributed by atoms with Crippen LogP contribution in [0.2, 0.25) is 0 Å². The number of phenolic OH excluding ortho intramolecular Hbond substituents is 1. The van der Waals surface area contributed by atoms with E-state index in [1.165, 1.54) is 19.2 Å². The third kappa shape index (κ3) is 6.97. The van der Waals surface area contributed by atoms with Crippen LogP contribution >= 0.6 is 0 Å². The maximum atomic E-state index is 12.7. The van der Waals surface area contributed by atoms with Crippen molar-refractivity contribution in [3.8, 4) is 23.0 Å². The maximum absolute atomic E-state index is 12.7. The molecular formula is C25H27N3O6S. The molecule has 0 bridgehead atoms. The summed E-state index contributed by atoms with van der Waals surface area (Å²) in [7, 11) is -3.79. The second-order valence-electron chi connectivity index (χ2n) is 7.54. The van der Waals surface area contributed by atoms with Crippen molar-refractivity contribution in [2.45, 2.75) is 19.9 Å². The minimum atomic E-state index is -3.79. The van der Waals surface area contributed by atoms with E-state index in [-0.39, 0.29) is 5.75 Å². The van der Waals surface area contributed by atoms with Gasteiger partial charge in [-0.1, -0.05) is 18.2 Å². The highest BCUT2D eigenvalue weighted by molar-refractivity contribution is 7.92. The highest BCUT2D eigenvalue weighted by Crippen LogP contribution is 2.27. The van der Waals surface area contributed by atoms with Gasteiger partial charge >= 0.3 is 0 Å². The molecule has 0 heterocycles. The SMILES string of the molecule is CCOc1cc(/C=N\NC(=O)[C@@H](C)N(c2ccc(Oc3ccccc3)cc2)S(C)(=O)=O)ccc1O. The lowest BCUT2D eigenvalue weighted by atomic mass is 10.2. The van der Waals surface area contributed by atoms with Crippen LogP contribution < -0.4 is 19.2 Å². The van der Waals surface area contributed by atoms with Crippen LogP contribution in [0.4, 0.5) is 5.69 Å². The molecule has 0 saturated carbocycles. The quantitative estimate of drug-likeness (QED) is 0.324. The number of aromatic hydroxyl groups is 1. The van der Waals surface area contributed by atoms with Gasteiger partial charge in [-0.15, -0.1) is 0 Å². The van der Waals surface area contributed by atoms with Crippen LogP contribution in [0.5, 0.6) is 23.0 Å². The Morgan fingerprint density at radius 2 is 1.74 bits per heavy atom. The molecule has 2 N–H and O–H groups in total. The number of nitrogens with one attached hydrogen (secondary N) is 1. The van der Waals surface area contributed by atoms with Crippen molar-refractivity contribution in [2.75, 3.05) is 17.2 Å². The van der Waals surface area contributed by atoms with Crippen LogP contribution in [-0.4, -0.2) is 44.6 Å². The van der Waals surface area contributed by atoms with Gasteiger partial charge in [-0.2, -0.15) is 5.10 Å². The molecule has 9 nitrogen and oxygen atoms in total. The number of para-hydroxylation sites is 1. The first-order valence-corrected chi connectivity index (χ1v) is 12.6. The first-order valence-electron chi connectivity index (χ1n) is 10.8. The zero-order valence-corrected chi connectivity index (χ0v) is 20.4. The van der Waals surface area contributed by atoms with Gasteiger partial charge in [-0.3, -0.25) is 9.10 Å². The van der Waals surface area contributed by atoms with Crippen molar-refractivity contribution < 1.29 is 27.8 Å². The minimum Gasteiger partial charge on any atom is -0.504 e. The summed E-state index contributed by atoms with van der Waals surface area (Å²) in [5, 5.41) is 13.7. The topological polar surface area (TPSA) is 118 Å². The summed E-state index contributed by atoms with van der Waals surface area (Å²) in [5.41, 5.74) is 3.24. The molecular weight excluding hydrogens is 470 g/mol. The van der Waals surface area contributed by atoms with E-state index in [1.807, 2.05) is 18.2 Å². The number of sulfonamides is 1. The molecule has 3 aromatic rings. The van der Waals surface area contributed by atoms with E-state index in [2.05, 4.69) is 10.5 Å². The number of anilines is 1. The van der Waals surface area contributed by atoms with Gasteiger partial charge in [0.05, 0.1) is 24.8 Å². The van der Waals surface area contributed by atoms with Crippen molar-refractivity contribution in [1.29, 1.82) is 0 Å². The van der Waals surface area contributed by atoms with Crippen LogP contribution in [0, 0.1) is 0 Å². The number of ether oxygens (including phenoxy) is 2. The molecule has 0 fully saturated rings. The number of carbonyl (C=O) groups is 1. The van der Waals surface area contributed by atoms with Gasteiger partial charge < -0.3 is 14.6 Å². The second kappa shape index (κ2) is 11.4. The molecule has 3 aromatic carbocycles. The molecule has 0 unspecified atom stereocenters. The van der Waals surface area contributed by atoms with E-state index < -0.39 is 22.0 Å². The number of nitrogens with zero attached hydrogens (tertiary/aromatic N) is 2. The predicted molar refractivity (Wildman–Crippen MR) is 135 cm³/mol. The lowest BCUT2D eigenvalue weighted by molar-refractivity contribution is -0.121. The second-order valence-corrected chi connectivity index (χ2v) is 9.40. The smallest absolute Gasteiger partial charge is 0.263 e. The molecule has 0 radical (unpaired) electrons. The molecule has 184 valence electrons. The van der Waals surface area contributed by atoms with Crippen molar-refractivity contribution in [3.05, 3.63) is 78.4 Å². The van der Waals surface area contributed by atoms with Gasteiger partial charge in [-0.05, 0) is 74.0 Å². The zero-order chi connectivity index (χ0) is 25.4. The van der Waals surface area contributed by atoms with Crippen molar-refractivity contribution in [1.82, 2.24) is 5.43 Å². The Kier molecular flexibility index (Phi) is 8.32. The predicted octanol–water partition coefficient (Wildman–Crippen LogP) is 3.89. The minimum absolute atomic E-state index is 0.00867. The highest BCUT2D eigenvalue weighted by atomic mass is 32.2. The molecule has 1 atom stereocenters. The van der Waals surface area contributed by atoms with Crippen LogP contribution in [0.1, 0.15) is 19.4 Å². The number of rotatable bonds is 10. The molecule has 10 heteroatoms. The number of hydrogen-bond acceptors (Lipinski definition) is 7. The molecule has 0 saturated heterocycles. The lowest BCUT2D eigenvalue weighted by Crippen LogP contribution is -2.46. The van der Waals surface area contributed by atoms with Crippen LogP contribution in [0.3, 0.4) is 0 Å². The van der Waals surface area contributed by atoms with Crippen LogP contribution in [0.15, 0.2) is 77.9 Å². The number of hydrazone groups is 1. The summed E-state index contributed by atoms with van der Waals surface area (Å²) in [6.07, 6.45) is 2.40. The Labute approximate surface area is 204 Å². The fourth-order valence-electron chi connectivity index (χ4n) is 3.24. The number of phenols is 1. The van der Waals surface area contributed by atoms with Gasteiger partial charge in [0.25, 0.3) is 5.91 Å². The summed E-state index contributed by atoms with van der Waals surface area (Å²) in [5.74, 6) is 0.827. The van der Waals surface area contributed by atoms with Gasteiger partial charge in [0.1, 0.15) is 17.5 Å². The van der Waals surface area contributed by atoms with Crippen LogP contribution in [-0.2, 0) is 14.8 Å². The Balaban J connectivity index is 1.71. The third-order valence-electron chi connectivity index (χ3n) is 4.83. The molecule has 1 amide bonds. The van der Waals surface area contributed by atoms with Crippen molar-refractivity contribution >= 4 is 27.8 Å². The monoisotopic (exact) mass is 497 g/mol. The van der Waals surface area contributed by atoms with E-state index in [9.17, 15) is 18.3 Å². The summed E-state index contributed by atoms with van der Waals surface area (Å²) in [6.45, 7) is 3.64. The van der Waals surface area contributed by atoms with E-state index in [0.717, 1.165) is 10.6 Å². The summed E-state index contributed by atoms with van der Waals surface area (Å²) in [4.78, 5) is 12.7. The highest BCUT2D eigenvalue weighted by Gasteiger charge is 2.29. The number of hydrogen-bond donors (Lipinski definition) is 2. The molecule has 0 aliphatic rings.